The molecule has 8 rings (SSSR count). The van der Waals surface area contributed by atoms with E-state index in [-0.39, 0.29) is 24.5 Å². The zero-order valence-corrected chi connectivity index (χ0v) is 32.4. The van der Waals surface area contributed by atoms with Crippen molar-refractivity contribution in [3.05, 3.63) is 125 Å². The molecule has 2 N–H and O–H groups in total. The summed E-state index contributed by atoms with van der Waals surface area (Å²) in [6.07, 6.45) is 2.27. The maximum Gasteiger partial charge on any atom is 0.262 e. The third kappa shape index (κ3) is 8.22. The number of amides is 4. The largest absolute Gasteiger partial charge is 0.508 e. The quantitative estimate of drug-likeness (QED) is 0.139. The van der Waals surface area contributed by atoms with Gasteiger partial charge in [-0.1, -0.05) is 61.5 Å². The summed E-state index contributed by atoms with van der Waals surface area (Å²) in [6, 6.07) is 30.7. The van der Waals surface area contributed by atoms with Crippen LogP contribution < -0.4 is 15.0 Å². The molecule has 11 nitrogen and oxygen atoms in total. The van der Waals surface area contributed by atoms with Crippen molar-refractivity contribution in [2.75, 3.05) is 63.9 Å². The number of allylic oxidation sites excluding steroid dienone is 1. The minimum atomic E-state index is -0.964. The van der Waals surface area contributed by atoms with E-state index >= 15 is 0 Å². The number of hydrogen-bond donors (Lipinski definition) is 2. The van der Waals surface area contributed by atoms with Gasteiger partial charge in [-0.3, -0.25) is 39.2 Å². The van der Waals surface area contributed by atoms with Crippen molar-refractivity contribution < 1.29 is 29.0 Å². The number of likely N-dealkylation sites (tertiary alicyclic amines) is 1. The molecular formula is C46H49N5O6. The van der Waals surface area contributed by atoms with Crippen molar-refractivity contribution in [3.8, 4) is 11.5 Å². The van der Waals surface area contributed by atoms with E-state index in [4.69, 9.17) is 4.74 Å². The van der Waals surface area contributed by atoms with E-state index in [1.807, 2.05) is 24.3 Å². The van der Waals surface area contributed by atoms with Gasteiger partial charge in [-0.2, -0.15) is 0 Å². The summed E-state index contributed by atoms with van der Waals surface area (Å²) in [5.41, 5.74) is 7.27. The second kappa shape index (κ2) is 16.8. The highest BCUT2D eigenvalue weighted by molar-refractivity contribution is 6.23. The molecule has 11 heteroatoms. The van der Waals surface area contributed by atoms with Crippen LogP contribution in [0, 0.1) is 5.92 Å². The maximum atomic E-state index is 13.3. The van der Waals surface area contributed by atoms with Crippen LogP contribution in [0.25, 0.3) is 11.1 Å². The number of rotatable bonds is 12. The molecule has 0 radical (unpaired) electrons. The Morgan fingerprint density at radius 1 is 0.754 bits per heavy atom. The molecule has 3 fully saturated rings. The lowest BCUT2D eigenvalue weighted by Crippen LogP contribution is -2.54. The smallest absolute Gasteiger partial charge is 0.262 e. The maximum absolute atomic E-state index is 13.3. The highest BCUT2D eigenvalue weighted by atomic mass is 16.5. The van der Waals surface area contributed by atoms with E-state index in [2.05, 4.69) is 75.5 Å². The number of fused-ring (bicyclic) bond motifs is 1. The van der Waals surface area contributed by atoms with Crippen molar-refractivity contribution in [1.82, 2.24) is 20.0 Å². The van der Waals surface area contributed by atoms with E-state index in [1.165, 1.54) is 11.1 Å². The summed E-state index contributed by atoms with van der Waals surface area (Å²) >= 11 is 0. The lowest BCUT2D eigenvalue weighted by atomic mass is 9.88. The molecule has 2 atom stereocenters. The summed E-state index contributed by atoms with van der Waals surface area (Å²) in [7, 11) is 0. The van der Waals surface area contributed by atoms with E-state index in [0.29, 0.717) is 23.7 Å². The van der Waals surface area contributed by atoms with Gasteiger partial charge in [0, 0.05) is 57.9 Å². The molecule has 4 aliphatic heterocycles. The number of imide groups is 2. The molecule has 4 heterocycles. The van der Waals surface area contributed by atoms with E-state index in [9.17, 15) is 24.3 Å². The molecule has 4 aromatic carbocycles. The highest BCUT2D eigenvalue weighted by Gasteiger charge is 2.45. The van der Waals surface area contributed by atoms with Crippen LogP contribution in [0.4, 0.5) is 5.69 Å². The SMILES string of the molecule is CCC(=C(c1ccc(O)cc1)c1ccc(OCCN2CCC(CN3CCN(c4ccc5c(c4)C(=O)N(C4CCC(=O)NC4=O)C5=O)CC3)C2)cc1)c1ccccc1. The van der Waals surface area contributed by atoms with Gasteiger partial charge in [0.15, 0.2) is 0 Å². The fourth-order valence-corrected chi connectivity index (χ4v) is 8.79. The Labute approximate surface area is 333 Å². The first-order valence-corrected chi connectivity index (χ1v) is 20.1. The number of piperazine rings is 1. The molecule has 57 heavy (non-hydrogen) atoms. The monoisotopic (exact) mass is 767 g/mol. The molecule has 4 aliphatic rings. The topological polar surface area (TPSA) is 123 Å². The average molecular weight is 768 g/mol. The standard InChI is InChI=1S/C46H49N5O6/c1-2-38(32-6-4-3-5-7-32)43(33-8-13-36(52)14-9-33)34-10-15-37(16-11-34)57-27-26-48-21-20-31(29-48)30-49-22-24-50(25-23-49)35-12-17-39-40(28-35)46(56)51(45(39)55)41-18-19-42(53)47-44(41)54/h3-17,28,31,41,52H,2,18-27,29-30H2,1H3,(H,47,53,54). The number of piperidine rings is 1. The number of nitrogens with zero attached hydrogens (tertiary/aromatic N) is 4. The van der Waals surface area contributed by atoms with Crippen molar-refractivity contribution >= 4 is 40.5 Å². The first-order chi connectivity index (χ1) is 27.7. The van der Waals surface area contributed by atoms with Gasteiger partial charge in [-0.15, -0.1) is 0 Å². The molecular weight excluding hydrogens is 719 g/mol. The fourth-order valence-electron chi connectivity index (χ4n) is 8.79. The number of phenols is 1. The number of hydrogen-bond acceptors (Lipinski definition) is 9. The zero-order chi connectivity index (χ0) is 39.5. The van der Waals surface area contributed by atoms with Crippen LogP contribution >= 0.6 is 0 Å². The first-order valence-electron chi connectivity index (χ1n) is 20.1. The minimum Gasteiger partial charge on any atom is -0.508 e. The number of phenolic OH excluding ortho intramolecular Hbond substituents is 1. The van der Waals surface area contributed by atoms with Gasteiger partial charge in [0.05, 0.1) is 11.1 Å². The summed E-state index contributed by atoms with van der Waals surface area (Å²) in [5, 5.41) is 12.2. The Morgan fingerprint density at radius 2 is 1.46 bits per heavy atom. The van der Waals surface area contributed by atoms with Gasteiger partial charge < -0.3 is 14.7 Å². The minimum absolute atomic E-state index is 0.0992. The Balaban J connectivity index is 0.806. The zero-order valence-electron chi connectivity index (χ0n) is 32.4. The predicted molar refractivity (Wildman–Crippen MR) is 219 cm³/mol. The first kappa shape index (κ1) is 38.1. The summed E-state index contributed by atoms with van der Waals surface area (Å²) < 4.78 is 6.24. The Morgan fingerprint density at radius 3 is 2.16 bits per heavy atom. The number of carbonyl (C=O) groups is 4. The third-order valence-corrected chi connectivity index (χ3v) is 11.8. The normalized spacial score (nSPS) is 20.8. The van der Waals surface area contributed by atoms with Crippen molar-refractivity contribution in [2.45, 2.75) is 38.6 Å². The van der Waals surface area contributed by atoms with Crippen LogP contribution in [0.5, 0.6) is 11.5 Å². The average Bonchev–Trinajstić information content (AvgIpc) is 3.78. The number of ether oxygens (including phenoxy) is 1. The van der Waals surface area contributed by atoms with Gasteiger partial charge in [-0.25, -0.2) is 0 Å². The van der Waals surface area contributed by atoms with Crippen LogP contribution in [0.2, 0.25) is 0 Å². The van der Waals surface area contributed by atoms with Crippen LogP contribution in [-0.2, 0) is 9.59 Å². The number of carbonyl (C=O) groups excluding carboxylic acids is 4. The van der Waals surface area contributed by atoms with E-state index in [0.717, 1.165) is 98.2 Å². The van der Waals surface area contributed by atoms with E-state index in [1.54, 1.807) is 24.3 Å². The molecule has 2 unspecified atom stereocenters. The molecule has 3 saturated heterocycles. The molecule has 0 spiro atoms. The lowest BCUT2D eigenvalue weighted by Gasteiger charge is -2.37. The second-order valence-corrected chi connectivity index (χ2v) is 15.4. The molecule has 0 saturated carbocycles. The summed E-state index contributed by atoms with van der Waals surface area (Å²) in [6.45, 7) is 10.3. The number of aromatic hydroxyl groups is 1. The van der Waals surface area contributed by atoms with Gasteiger partial charge in [0.1, 0.15) is 24.1 Å². The molecule has 294 valence electrons. The van der Waals surface area contributed by atoms with Crippen molar-refractivity contribution in [1.29, 1.82) is 0 Å². The van der Waals surface area contributed by atoms with Gasteiger partial charge in [0.25, 0.3) is 11.8 Å². The van der Waals surface area contributed by atoms with Crippen LogP contribution in [0.1, 0.15) is 70.0 Å². The predicted octanol–water partition coefficient (Wildman–Crippen LogP) is 5.69. The Kier molecular flexibility index (Phi) is 11.2. The van der Waals surface area contributed by atoms with Crippen molar-refractivity contribution in [3.63, 3.8) is 0 Å². The number of anilines is 1. The van der Waals surface area contributed by atoms with Crippen LogP contribution in [-0.4, -0.2) is 108 Å². The second-order valence-electron chi connectivity index (χ2n) is 15.4. The van der Waals surface area contributed by atoms with Crippen LogP contribution in [0.3, 0.4) is 0 Å². The highest BCUT2D eigenvalue weighted by Crippen LogP contribution is 2.36. The third-order valence-electron chi connectivity index (χ3n) is 11.8. The van der Waals surface area contributed by atoms with Crippen molar-refractivity contribution in [2.24, 2.45) is 5.92 Å². The summed E-state index contributed by atoms with van der Waals surface area (Å²) in [4.78, 5) is 58.8. The van der Waals surface area contributed by atoms with E-state index < -0.39 is 23.8 Å². The van der Waals surface area contributed by atoms with Gasteiger partial charge >= 0.3 is 0 Å². The number of benzene rings is 4. The van der Waals surface area contributed by atoms with Gasteiger partial charge in [-0.05, 0) is 102 Å². The van der Waals surface area contributed by atoms with Crippen LogP contribution in [0.15, 0.2) is 97.1 Å². The molecule has 0 bridgehead atoms. The molecule has 0 aromatic heterocycles. The lowest BCUT2D eigenvalue weighted by molar-refractivity contribution is -0.136. The molecule has 0 aliphatic carbocycles. The fraction of sp³-hybridized carbons (Fsp3) is 0.348. The number of nitrogens with one attached hydrogen (secondary N) is 1. The summed E-state index contributed by atoms with van der Waals surface area (Å²) in [5.74, 6) is -0.244. The Bertz CT molecular complexity index is 2160. The van der Waals surface area contributed by atoms with Gasteiger partial charge in [0.2, 0.25) is 11.8 Å². The molecule has 4 aromatic rings. The molecule has 4 amide bonds. The Hall–Kier alpha value is -5.78.